The van der Waals surface area contributed by atoms with E-state index >= 15 is 0 Å². The van der Waals surface area contributed by atoms with Crippen molar-refractivity contribution in [3.05, 3.63) is 47.5 Å². The average molecular weight is 354 g/mol. The van der Waals surface area contributed by atoms with Gasteiger partial charge in [0.15, 0.2) is 0 Å². The Labute approximate surface area is 147 Å². The van der Waals surface area contributed by atoms with Crippen molar-refractivity contribution in [2.24, 2.45) is 9.98 Å². The van der Waals surface area contributed by atoms with Gasteiger partial charge in [0, 0.05) is 13.1 Å². The third-order valence-corrected chi connectivity index (χ3v) is 4.80. The quantitative estimate of drug-likeness (QED) is 0.438. The second-order valence-electron chi connectivity index (χ2n) is 5.91. The monoisotopic (exact) mass is 354 g/mol. The van der Waals surface area contributed by atoms with Crippen LogP contribution in [0.1, 0.15) is 11.1 Å². The number of rotatable bonds is 6. The summed E-state index contributed by atoms with van der Waals surface area (Å²) in [6.07, 6.45) is 3.04. The van der Waals surface area contributed by atoms with Gasteiger partial charge < -0.3 is 8.85 Å². The minimum Gasteiger partial charge on any atom is -0.512 e. The average Bonchev–Trinajstić information content (AvgIpc) is 2.53. The molecule has 0 unspecified atom stereocenters. The first-order valence-electron chi connectivity index (χ1n) is 7.60. The summed E-state index contributed by atoms with van der Waals surface area (Å²) in [6, 6.07) is 10.4. The second kappa shape index (κ2) is 7.72. The van der Waals surface area contributed by atoms with E-state index in [1.54, 1.807) is 36.4 Å². The standard InChI is InChI=1S/C18H18N2O4Si/c1-13-9-15(19-11-21)5-7-17(13)23-25(3,4)24-18-8-6-16(20-12-22)10-14(18)2/h5-10H,1-4H3. The molecule has 0 spiro atoms. The van der Waals surface area contributed by atoms with Crippen molar-refractivity contribution >= 4 is 32.1 Å². The van der Waals surface area contributed by atoms with E-state index in [2.05, 4.69) is 9.98 Å². The van der Waals surface area contributed by atoms with Gasteiger partial charge in [0.25, 0.3) is 0 Å². The Bertz CT molecular complexity index is 811. The molecule has 0 heterocycles. The van der Waals surface area contributed by atoms with Gasteiger partial charge in [-0.25, -0.2) is 9.59 Å². The zero-order valence-electron chi connectivity index (χ0n) is 14.5. The van der Waals surface area contributed by atoms with Crippen LogP contribution >= 0.6 is 0 Å². The van der Waals surface area contributed by atoms with Crippen LogP contribution in [0.4, 0.5) is 11.4 Å². The number of hydrogen-bond donors (Lipinski definition) is 0. The molecule has 128 valence electrons. The van der Waals surface area contributed by atoms with Crippen LogP contribution in [-0.2, 0) is 9.59 Å². The minimum atomic E-state index is -2.54. The van der Waals surface area contributed by atoms with Crippen LogP contribution in [0.15, 0.2) is 46.4 Å². The Balaban J connectivity index is 2.19. The van der Waals surface area contributed by atoms with Gasteiger partial charge in [-0.05, 0) is 61.4 Å². The Morgan fingerprint density at radius 2 is 1.20 bits per heavy atom. The molecule has 0 aliphatic carbocycles. The van der Waals surface area contributed by atoms with Crippen LogP contribution in [0.2, 0.25) is 13.1 Å². The predicted molar refractivity (Wildman–Crippen MR) is 96.7 cm³/mol. The van der Waals surface area contributed by atoms with Crippen molar-refractivity contribution in [2.45, 2.75) is 26.9 Å². The molecule has 2 aromatic rings. The van der Waals surface area contributed by atoms with E-state index in [1.807, 2.05) is 26.9 Å². The summed E-state index contributed by atoms with van der Waals surface area (Å²) < 4.78 is 12.2. The number of aliphatic imine (C=N–C) groups is 2. The maximum atomic E-state index is 10.3. The van der Waals surface area contributed by atoms with E-state index in [1.165, 1.54) is 12.2 Å². The van der Waals surface area contributed by atoms with E-state index in [0.717, 1.165) is 11.1 Å². The summed E-state index contributed by atoms with van der Waals surface area (Å²) in [4.78, 5) is 27.9. The summed E-state index contributed by atoms with van der Waals surface area (Å²) >= 11 is 0. The molecule has 2 aromatic carbocycles. The maximum Gasteiger partial charge on any atom is 0.454 e. The third kappa shape index (κ3) is 4.99. The van der Waals surface area contributed by atoms with Gasteiger partial charge in [-0.1, -0.05) is 0 Å². The summed E-state index contributed by atoms with van der Waals surface area (Å²) in [5.41, 5.74) is 2.77. The second-order valence-corrected chi connectivity index (χ2v) is 9.12. The molecule has 0 amide bonds. The van der Waals surface area contributed by atoms with Crippen LogP contribution in [0.25, 0.3) is 0 Å². The molecule has 7 heteroatoms. The van der Waals surface area contributed by atoms with Crippen molar-refractivity contribution in [2.75, 3.05) is 0 Å². The summed E-state index contributed by atoms with van der Waals surface area (Å²) in [6.45, 7) is 7.62. The summed E-state index contributed by atoms with van der Waals surface area (Å²) in [5, 5.41) is 0. The van der Waals surface area contributed by atoms with Crippen LogP contribution in [-0.4, -0.2) is 20.7 Å². The lowest BCUT2D eigenvalue weighted by Gasteiger charge is -2.26. The Morgan fingerprint density at radius 1 is 0.800 bits per heavy atom. The van der Waals surface area contributed by atoms with Crippen molar-refractivity contribution in [1.29, 1.82) is 0 Å². The highest BCUT2D eigenvalue weighted by molar-refractivity contribution is 6.66. The number of hydrogen-bond acceptors (Lipinski definition) is 6. The van der Waals surface area contributed by atoms with Gasteiger partial charge in [-0.3, -0.25) is 0 Å². The van der Waals surface area contributed by atoms with Gasteiger partial charge in [0.2, 0.25) is 12.2 Å². The number of nitrogens with zero attached hydrogens (tertiary/aromatic N) is 2. The fourth-order valence-corrected chi connectivity index (χ4v) is 3.85. The Kier molecular flexibility index (Phi) is 5.67. The molecule has 0 saturated carbocycles. The van der Waals surface area contributed by atoms with Crippen molar-refractivity contribution in [1.82, 2.24) is 0 Å². The molecule has 0 bridgehead atoms. The largest absolute Gasteiger partial charge is 0.512 e. The van der Waals surface area contributed by atoms with Crippen LogP contribution in [0.5, 0.6) is 11.5 Å². The molecule has 0 fully saturated rings. The molecule has 0 aliphatic rings. The van der Waals surface area contributed by atoms with Gasteiger partial charge in [-0.15, -0.1) is 0 Å². The normalized spacial score (nSPS) is 10.4. The highest BCUT2D eigenvalue weighted by Gasteiger charge is 2.30. The third-order valence-electron chi connectivity index (χ3n) is 3.38. The molecule has 0 atom stereocenters. The molecule has 0 aliphatic heterocycles. The lowest BCUT2D eigenvalue weighted by Crippen LogP contribution is -2.42. The zero-order chi connectivity index (χ0) is 18.4. The minimum absolute atomic E-state index is 0.530. The summed E-state index contributed by atoms with van der Waals surface area (Å²) in [7, 11) is -2.54. The van der Waals surface area contributed by atoms with E-state index in [0.29, 0.717) is 22.9 Å². The molecule has 25 heavy (non-hydrogen) atoms. The molecular formula is C18H18N2O4Si. The van der Waals surface area contributed by atoms with Gasteiger partial charge in [0.05, 0.1) is 11.4 Å². The fourth-order valence-electron chi connectivity index (χ4n) is 2.29. The van der Waals surface area contributed by atoms with E-state index in [9.17, 15) is 9.59 Å². The predicted octanol–water partition coefficient (Wildman–Crippen LogP) is 4.40. The van der Waals surface area contributed by atoms with Gasteiger partial charge in [-0.2, -0.15) is 9.98 Å². The number of isocyanates is 2. The first-order valence-corrected chi connectivity index (χ1v) is 10.4. The molecule has 0 N–H and O–H groups in total. The van der Waals surface area contributed by atoms with Crippen LogP contribution < -0.4 is 8.85 Å². The lowest BCUT2D eigenvalue weighted by molar-refractivity contribution is 0.396. The highest BCUT2D eigenvalue weighted by atomic mass is 28.4. The van der Waals surface area contributed by atoms with E-state index in [4.69, 9.17) is 8.85 Å². The zero-order valence-corrected chi connectivity index (χ0v) is 15.5. The summed E-state index contributed by atoms with van der Waals surface area (Å²) in [5.74, 6) is 1.36. The molecule has 2 rings (SSSR count). The number of aryl methyl sites for hydroxylation is 2. The smallest absolute Gasteiger partial charge is 0.454 e. The SMILES string of the molecule is Cc1cc(N=C=O)ccc1O[Si](C)(C)Oc1ccc(N=C=O)cc1C. The Hall–Kier alpha value is -2.98. The number of carbonyl (C=O) groups excluding carboxylic acids is 2. The van der Waals surface area contributed by atoms with Crippen molar-refractivity contribution in [3.8, 4) is 11.5 Å². The van der Waals surface area contributed by atoms with Crippen molar-refractivity contribution in [3.63, 3.8) is 0 Å². The Morgan fingerprint density at radius 3 is 1.52 bits per heavy atom. The van der Waals surface area contributed by atoms with E-state index in [-0.39, 0.29) is 0 Å². The molecule has 6 nitrogen and oxygen atoms in total. The fraction of sp³-hybridized carbons (Fsp3) is 0.222. The molecule has 0 aromatic heterocycles. The number of benzene rings is 2. The van der Waals surface area contributed by atoms with Crippen molar-refractivity contribution < 1.29 is 18.4 Å². The van der Waals surface area contributed by atoms with Crippen LogP contribution in [0.3, 0.4) is 0 Å². The molecule has 0 saturated heterocycles. The lowest BCUT2D eigenvalue weighted by atomic mass is 10.2. The first-order chi connectivity index (χ1) is 11.8. The van der Waals surface area contributed by atoms with Crippen LogP contribution in [0, 0.1) is 13.8 Å². The van der Waals surface area contributed by atoms with E-state index < -0.39 is 8.56 Å². The van der Waals surface area contributed by atoms with Gasteiger partial charge in [0.1, 0.15) is 11.5 Å². The molecular weight excluding hydrogens is 336 g/mol. The molecule has 0 radical (unpaired) electrons. The first kappa shape index (κ1) is 18.4. The topological polar surface area (TPSA) is 77.3 Å². The maximum absolute atomic E-state index is 10.3. The highest BCUT2D eigenvalue weighted by Crippen LogP contribution is 2.29. The van der Waals surface area contributed by atoms with Gasteiger partial charge >= 0.3 is 8.56 Å².